The summed E-state index contributed by atoms with van der Waals surface area (Å²) in [5.74, 6) is 1.79. The van der Waals surface area contributed by atoms with Crippen molar-refractivity contribution in [2.45, 2.75) is 38.1 Å². The smallest absolute Gasteiger partial charge is 0.123 e. The van der Waals surface area contributed by atoms with Crippen molar-refractivity contribution in [2.75, 3.05) is 19.7 Å². The van der Waals surface area contributed by atoms with Crippen molar-refractivity contribution in [1.82, 2.24) is 4.90 Å². The molecule has 1 aliphatic carbocycles. The zero-order valence-electron chi connectivity index (χ0n) is 15.6. The van der Waals surface area contributed by atoms with Crippen molar-refractivity contribution in [3.8, 4) is 5.75 Å². The van der Waals surface area contributed by atoms with Gasteiger partial charge in [-0.1, -0.05) is 30.2 Å². The van der Waals surface area contributed by atoms with Crippen molar-refractivity contribution in [3.05, 3.63) is 64.9 Å². The van der Waals surface area contributed by atoms with Crippen molar-refractivity contribution in [1.29, 1.82) is 0 Å². The fourth-order valence-electron chi connectivity index (χ4n) is 4.43. The lowest BCUT2D eigenvalue weighted by atomic mass is 9.75. The Morgan fingerprint density at radius 1 is 1.00 bits per heavy atom. The molecule has 144 valence electrons. The molecule has 2 aromatic rings. The molecule has 0 amide bonds. The summed E-state index contributed by atoms with van der Waals surface area (Å²) in [6.07, 6.45) is 6.38. The highest BCUT2D eigenvalue weighted by atomic mass is 35.5. The minimum absolute atomic E-state index is 0.225. The third kappa shape index (κ3) is 4.64. The standard InChI is InChI=1S/C23H27ClFNO/c24-20-8-6-19(7-9-20)23(18-4-1-5-18)26-14-2-3-17(15-26)16-27-22-12-10-21(25)11-13-22/h6-13,17-18,23H,1-5,14-16H2. The van der Waals surface area contributed by atoms with Crippen LogP contribution in [0, 0.1) is 17.7 Å². The van der Waals surface area contributed by atoms with E-state index in [-0.39, 0.29) is 5.82 Å². The maximum atomic E-state index is 13.1. The van der Waals surface area contributed by atoms with E-state index in [0.717, 1.165) is 29.8 Å². The minimum atomic E-state index is -0.225. The molecular formula is C23H27ClFNO. The van der Waals surface area contributed by atoms with Crippen molar-refractivity contribution >= 4 is 11.6 Å². The van der Waals surface area contributed by atoms with Crippen LogP contribution in [0.5, 0.6) is 5.75 Å². The molecule has 0 N–H and O–H groups in total. The van der Waals surface area contributed by atoms with Gasteiger partial charge in [0.2, 0.25) is 0 Å². The van der Waals surface area contributed by atoms with Gasteiger partial charge in [-0.25, -0.2) is 4.39 Å². The lowest BCUT2D eigenvalue weighted by Gasteiger charge is -2.45. The maximum absolute atomic E-state index is 13.1. The van der Waals surface area contributed by atoms with Crippen LogP contribution in [0.3, 0.4) is 0 Å². The van der Waals surface area contributed by atoms with Crippen LogP contribution in [0.4, 0.5) is 4.39 Å². The lowest BCUT2D eigenvalue weighted by molar-refractivity contribution is 0.0435. The van der Waals surface area contributed by atoms with Crippen molar-refractivity contribution in [3.63, 3.8) is 0 Å². The topological polar surface area (TPSA) is 12.5 Å². The van der Waals surface area contributed by atoms with Crippen LogP contribution >= 0.6 is 11.6 Å². The van der Waals surface area contributed by atoms with Gasteiger partial charge < -0.3 is 4.74 Å². The lowest BCUT2D eigenvalue weighted by Crippen LogP contribution is -2.43. The summed E-state index contributed by atoms with van der Waals surface area (Å²) in [7, 11) is 0. The van der Waals surface area contributed by atoms with Gasteiger partial charge >= 0.3 is 0 Å². The average Bonchev–Trinajstić information content (AvgIpc) is 2.65. The maximum Gasteiger partial charge on any atom is 0.123 e. The van der Waals surface area contributed by atoms with Gasteiger partial charge in [-0.3, -0.25) is 4.90 Å². The van der Waals surface area contributed by atoms with Crippen LogP contribution < -0.4 is 4.74 Å². The van der Waals surface area contributed by atoms with Gasteiger partial charge in [0, 0.05) is 23.5 Å². The molecular weight excluding hydrogens is 361 g/mol. The molecule has 2 nitrogen and oxygen atoms in total. The molecule has 2 aliphatic rings. The van der Waals surface area contributed by atoms with Crippen LogP contribution in [-0.4, -0.2) is 24.6 Å². The largest absolute Gasteiger partial charge is 0.493 e. The van der Waals surface area contributed by atoms with E-state index < -0.39 is 0 Å². The van der Waals surface area contributed by atoms with Gasteiger partial charge in [0.25, 0.3) is 0 Å². The highest BCUT2D eigenvalue weighted by Crippen LogP contribution is 2.43. The van der Waals surface area contributed by atoms with E-state index >= 15 is 0 Å². The molecule has 0 radical (unpaired) electrons. The second-order valence-corrected chi connectivity index (χ2v) is 8.39. The summed E-state index contributed by atoms with van der Waals surface area (Å²) < 4.78 is 19.0. The molecule has 4 rings (SSSR count). The van der Waals surface area contributed by atoms with E-state index in [1.807, 2.05) is 12.1 Å². The van der Waals surface area contributed by atoms with E-state index in [1.54, 1.807) is 12.1 Å². The molecule has 2 atom stereocenters. The normalized spacial score (nSPS) is 22.2. The average molecular weight is 388 g/mol. The fourth-order valence-corrected chi connectivity index (χ4v) is 4.55. The zero-order chi connectivity index (χ0) is 18.6. The monoisotopic (exact) mass is 387 g/mol. The van der Waals surface area contributed by atoms with Gasteiger partial charge in [0.1, 0.15) is 11.6 Å². The third-order valence-electron chi connectivity index (χ3n) is 6.05. The molecule has 2 unspecified atom stereocenters. The van der Waals surface area contributed by atoms with Gasteiger partial charge in [-0.2, -0.15) is 0 Å². The first-order chi connectivity index (χ1) is 13.2. The molecule has 0 bridgehead atoms. The van der Waals surface area contributed by atoms with E-state index in [1.165, 1.54) is 49.8 Å². The Labute approximate surface area is 166 Å². The van der Waals surface area contributed by atoms with Crippen LogP contribution in [0.2, 0.25) is 5.02 Å². The Morgan fingerprint density at radius 2 is 1.74 bits per heavy atom. The molecule has 2 aromatic carbocycles. The second kappa shape index (κ2) is 8.62. The summed E-state index contributed by atoms with van der Waals surface area (Å²) in [5.41, 5.74) is 1.39. The highest BCUT2D eigenvalue weighted by Gasteiger charge is 2.35. The van der Waals surface area contributed by atoms with Gasteiger partial charge in [0.05, 0.1) is 6.61 Å². The number of rotatable bonds is 6. The summed E-state index contributed by atoms with van der Waals surface area (Å²) in [4.78, 5) is 2.66. The van der Waals surface area contributed by atoms with Crippen molar-refractivity contribution < 1.29 is 9.13 Å². The predicted molar refractivity (Wildman–Crippen MR) is 108 cm³/mol. The highest BCUT2D eigenvalue weighted by molar-refractivity contribution is 6.30. The van der Waals surface area contributed by atoms with Crippen LogP contribution in [-0.2, 0) is 0 Å². The van der Waals surface area contributed by atoms with E-state index in [9.17, 15) is 4.39 Å². The first-order valence-electron chi connectivity index (χ1n) is 10.1. The number of hydrogen-bond acceptors (Lipinski definition) is 2. The summed E-state index contributed by atoms with van der Waals surface area (Å²) in [6, 6.07) is 15.2. The zero-order valence-corrected chi connectivity index (χ0v) is 16.4. The number of benzene rings is 2. The molecule has 1 saturated carbocycles. The Balaban J connectivity index is 1.41. The summed E-state index contributed by atoms with van der Waals surface area (Å²) >= 11 is 6.11. The van der Waals surface area contributed by atoms with Crippen molar-refractivity contribution in [2.24, 2.45) is 11.8 Å². The van der Waals surface area contributed by atoms with E-state index in [4.69, 9.17) is 16.3 Å². The van der Waals surface area contributed by atoms with Crippen LogP contribution in [0.15, 0.2) is 48.5 Å². The quantitative estimate of drug-likeness (QED) is 0.592. The van der Waals surface area contributed by atoms with E-state index in [0.29, 0.717) is 18.6 Å². The third-order valence-corrected chi connectivity index (χ3v) is 6.30. The number of hydrogen-bond donors (Lipinski definition) is 0. The first-order valence-corrected chi connectivity index (χ1v) is 10.4. The molecule has 1 aliphatic heterocycles. The molecule has 27 heavy (non-hydrogen) atoms. The fraction of sp³-hybridized carbons (Fsp3) is 0.478. The number of likely N-dealkylation sites (tertiary alicyclic amines) is 1. The molecule has 1 heterocycles. The Morgan fingerprint density at radius 3 is 2.41 bits per heavy atom. The predicted octanol–water partition coefficient (Wildman–Crippen LogP) is 6.11. The van der Waals surface area contributed by atoms with Gasteiger partial charge in [-0.05, 0) is 80.1 Å². The van der Waals surface area contributed by atoms with Crippen LogP contribution in [0.1, 0.15) is 43.7 Å². The molecule has 2 fully saturated rings. The van der Waals surface area contributed by atoms with Gasteiger partial charge in [0.15, 0.2) is 0 Å². The van der Waals surface area contributed by atoms with E-state index in [2.05, 4.69) is 17.0 Å². The molecule has 4 heteroatoms. The molecule has 0 spiro atoms. The van der Waals surface area contributed by atoms with Crippen LogP contribution in [0.25, 0.3) is 0 Å². The second-order valence-electron chi connectivity index (χ2n) is 7.96. The minimum Gasteiger partial charge on any atom is -0.493 e. The SMILES string of the molecule is Fc1ccc(OCC2CCCN(C(c3ccc(Cl)cc3)C3CCC3)C2)cc1. The first kappa shape index (κ1) is 18.8. The Kier molecular flexibility index (Phi) is 5.99. The number of piperidine rings is 1. The number of nitrogens with zero attached hydrogens (tertiary/aromatic N) is 1. The summed E-state index contributed by atoms with van der Waals surface area (Å²) in [6.45, 7) is 2.90. The Bertz CT molecular complexity index is 729. The molecule has 0 aromatic heterocycles. The number of halogens is 2. The Hall–Kier alpha value is -1.58. The number of ether oxygens (including phenoxy) is 1. The van der Waals surface area contributed by atoms with Gasteiger partial charge in [-0.15, -0.1) is 0 Å². The summed E-state index contributed by atoms with van der Waals surface area (Å²) in [5, 5.41) is 0.801. The molecule has 1 saturated heterocycles.